The molecule has 17 heavy (non-hydrogen) atoms. The third kappa shape index (κ3) is 3.32. The number of hydrogen-bond acceptors (Lipinski definition) is 1. The first-order valence-corrected chi connectivity index (χ1v) is 5.48. The zero-order valence-electron chi connectivity index (χ0n) is 10.1. The molecule has 0 aliphatic heterocycles. The van der Waals surface area contributed by atoms with Crippen LogP contribution in [0.3, 0.4) is 0 Å². The molecule has 0 aromatic heterocycles. The van der Waals surface area contributed by atoms with Crippen molar-refractivity contribution >= 4 is 12.4 Å². The molecule has 0 radical (unpaired) electrons. The second kappa shape index (κ2) is 5.85. The zero-order chi connectivity index (χ0) is 11.5. The van der Waals surface area contributed by atoms with E-state index in [1.807, 2.05) is 62.4 Å². The average Bonchev–Trinajstić information content (AvgIpc) is 2.30. The summed E-state index contributed by atoms with van der Waals surface area (Å²) in [6.07, 6.45) is -0.527. The summed E-state index contributed by atoms with van der Waals surface area (Å²) >= 11 is 0. The van der Waals surface area contributed by atoms with Crippen LogP contribution < -0.4 is 0 Å². The Hall–Kier alpha value is -1.31. The zero-order valence-corrected chi connectivity index (χ0v) is 10.9. The van der Waals surface area contributed by atoms with E-state index < -0.39 is 6.10 Å². The summed E-state index contributed by atoms with van der Waals surface area (Å²) in [7, 11) is 0. The second-order valence-electron chi connectivity index (χ2n) is 4.22. The first-order chi connectivity index (χ1) is 7.66. The number of halogens is 1. The predicted octanol–water partition coefficient (Wildman–Crippen LogP) is 3.81. The standard InChI is InChI=1S/C15H16O.ClH/c1-11-3-7-13(8-4-11)15(16)14-9-5-12(2)6-10-14;/h3-10,15-16H,1-2H3;1H. The minimum atomic E-state index is -0.527. The molecule has 0 atom stereocenters. The van der Waals surface area contributed by atoms with Crippen LogP contribution in [-0.4, -0.2) is 5.11 Å². The van der Waals surface area contributed by atoms with Gasteiger partial charge in [0.1, 0.15) is 6.10 Å². The minimum Gasteiger partial charge on any atom is -0.384 e. The Morgan fingerprint density at radius 3 is 1.29 bits per heavy atom. The summed E-state index contributed by atoms with van der Waals surface area (Å²) in [5, 5.41) is 10.2. The largest absolute Gasteiger partial charge is 0.384 e. The van der Waals surface area contributed by atoms with Gasteiger partial charge in [-0.25, -0.2) is 0 Å². The van der Waals surface area contributed by atoms with Crippen molar-refractivity contribution in [3.8, 4) is 0 Å². The average molecular weight is 249 g/mol. The molecule has 0 saturated heterocycles. The highest BCUT2D eigenvalue weighted by Gasteiger charge is 2.09. The third-order valence-electron chi connectivity index (χ3n) is 2.79. The van der Waals surface area contributed by atoms with E-state index in [4.69, 9.17) is 0 Å². The topological polar surface area (TPSA) is 20.2 Å². The Bertz CT molecular complexity index is 414. The molecule has 0 aliphatic carbocycles. The fraction of sp³-hybridized carbons (Fsp3) is 0.200. The summed E-state index contributed by atoms with van der Waals surface area (Å²) in [4.78, 5) is 0. The van der Waals surface area contributed by atoms with Crippen molar-refractivity contribution in [2.24, 2.45) is 0 Å². The van der Waals surface area contributed by atoms with Gasteiger partial charge in [0.25, 0.3) is 0 Å². The summed E-state index contributed by atoms with van der Waals surface area (Å²) in [5.74, 6) is 0. The smallest absolute Gasteiger partial charge is 0.104 e. The quantitative estimate of drug-likeness (QED) is 0.857. The van der Waals surface area contributed by atoms with Gasteiger partial charge in [0.15, 0.2) is 0 Å². The van der Waals surface area contributed by atoms with E-state index >= 15 is 0 Å². The van der Waals surface area contributed by atoms with Gasteiger partial charge in [0.2, 0.25) is 0 Å². The summed E-state index contributed by atoms with van der Waals surface area (Å²) < 4.78 is 0. The maximum absolute atomic E-state index is 10.2. The lowest BCUT2D eigenvalue weighted by Gasteiger charge is -2.11. The number of benzene rings is 2. The molecule has 0 amide bonds. The van der Waals surface area contributed by atoms with Crippen LogP contribution in [0, 0.1) is 13.8 Å². The number of rotatable bonds is 2. The van der Waals surface area contributed by atoms with Crippen molar-refractivity contribution in [2.45, 2.75) is 20.0 Å². The van der Waals surface area contributed by atoms with E-state index in [-0.39, 0.29) is 12.4 Å². The number of hydrogen-bond donors (Lipinski definition) is 1. The third-order valence-corrected chi connectivity index (χ3v) is 2.79. The van der Waals surface area contributed by atoms with Crippen LogP contribution in [0.2, 0.25) is 0 Å². The van der Waals surface area contributed by atoms with Gasteiger partial charge in [-0.3, -0.25) is 0 Å². The van der Waals surface area contributed by atoms with Crippen LogP contribution in [0.1, 0.15) is 28.4 Å². The Balaban J connectivity index is 0.00000144. The van der Waals surface area contributed by atoms with E-state index in [1.54, 1.807) is 0 Å². The molecular formula is C15H17ClO. The molecule has 0 heterocycles. The van der Waals surface area contributed by atoms with Crippen LogP contribution in [-0.2, 0) is 0 Å². The van der Waals surface area contributed by atoms with Gasteiger partial charge >= 0.3 is 0 Å². The first kappa shape index (κ1) is 13.8. The van der Waals surface area contributed by atoms with Crippen LogP contribution >= 0.6 is 12.4 Å². The van der Waals surface area contributed by atoms with E-state index in [0.29, 0.717) is 0 Å². The number of aryl methyl sites for hydroxylation is 2. The maximum atomic E-state index is 10.2. The number of aliphatic hydroxyl groups excluding tert-OH is 1. The fourth-order valence-corrected chi connectivity index (χ4v) is 1.69. The molecule has 2 heteroatoms. The highest BCUT2D eigenvalue weighted by Crippen LogP contribution is 2.22. The fourth-order valence-electron chi connectivity index (χ4n) is 1.69. The number of aliphatic hydroxyl groups is 1. The van der Waals surface area contributed by atoms with Gasteiger partial charge in [-0.1, -0.05) is 59.7 Å². The van der Waals surface area contributed by atoms with E-state index in [9.17, 15) is 5.11 Å². The van der Waals surface area contributed by atoms with Crippen LogP contribution in [0.25, 0.3) is 0 Å². The normalized spacial score (nSPS) is 10.1. The van der Waals surface area contributed by atoms with Crippen molar-refractivity contribution < 1.29 is 5.11 Å². The summed E-state index contributed by atoms with van der Waals surface area (Å²) in [6, 6.07) is 16.0. The molecule has 0 aliphatic rings. The lowest BCUT2D eigenvalue weighted by molar-refractivity contribution is 0.220. The molecule has 1 N–H and O–H groups in total. The van der Waals surface area contributed by atoms with Gasteiger partial charge in [0, 0.05) is 0 Å². The second-order valence-corrected chi connectivity index (χ2v) is 4.22. The minimum absolute atomic E-state index is 0. The summed E-state index contributed by atoms with van der Waals surface area (Å²) in [6.45, 7) is 4.09. The molecule has 0 unspecified atom stereocenters. The van der Waals surface area contributed by atoms with Crippen molar-refractivity contribution in [2.75, 3.05) is 0 Å². The molecule has 1 nitrogen and oxygen atoms in total. The van der Waals surface area contributed by atoms with Crippen LogP contribution in [0.5, 0.6) is 0 Å². The van der Waals surface area contributed by atoms with Crippen molar-refractivity contribution in [3.05, 3.63) is 70.8 Å². The molecule has 0 spiro atoms. The van der Waals surface area contributed by atoms with Gasteiger partial charge in [-0.05, 0) is 25.0 Å². The Kier molecular flexibility index (Phi) is 4.73. The lowest BCUT2D eigenvalue weighted by Crippen LogP contribution is -1.99. The van der Waals surface area contributed by atoms with E-state index in [2.05, 4.69) is 0 Å². The molecule has 2 rings (SSSR count). The molecule has 90 valence electrons. The van der Waals surface area contributed by atoms with E-state index in [1.165, 1.54) is 11.1 Å². The maximum Gasteiger partial charge on any atom is 0.104 e. The Labute approximate surface area is 109 Å². The summed E-state index contributed by atoms with van der Waals surface area (Å²) in [5.41, 5.74) is 4.30. The lowest BCUT2D eigenvalue weighted by atomic mass is 10.00. The highest BCUT2D eigenvalue weighted by molar-refractivity contribution is 5.85. The van der Waals surface area contributed by atoms with Gasteiger partial charge in [0.05, 0.1) is 0 Å². The van der Waals surface area contributed by atoms with Crippen molar-refractivity contribution in [3.63, 3.8) is 0 Å². The SMILES string of the molecule is Cc1ccc(C(O)c2ccc(C)cc2)cc1.Cl. The van der Waals surface area contributed by atoms with Gasteiger partial charge in [-0.15, -0.1) is 12.4 Å². The van der Waals surface area contributed by atoms with Gasteiger partial charge < -0.3 is 5.11 Å². The molecular weight excluding hydrogens is 232 g/mol. The van der Waals surface area contributed by atoms with Crippen molar-refractivity contribution in [1.82, 2.24) is 0 Å². The molecule has 0 bridgehead atoms. The van der Waals surface area contributed by atoms with Crippen LogP contribution in [0.4, 0.5) is 0 Å². The highest BCUT2D eigenvalue weighted by atomic mass is 35.5. The first-order valence-electron chi connectivity index (χ1n) is 5.48. The predicted molar refractivity (Wildman–Crippen MR) is 73.7 cm³/mol. The molecule has 0 fully saturated rings. The van der Waals surface area contributed by atoms with Crippen LogP contribution in [0.15, 0.2) is 48.5 Å². The van der Waals surface area contributed by atoms with E-state index in [0.717, 1.165) is 11.1 Å². The molecule has 0 saturated carbocycles. The molecule has 2 aromatic rings. The monoisotopic (exact) mass is 248 g/mol. The van der Waals surface area contributed by atoms with Gasteiger partial charge in [-0.2, -0.15) is 0 Å². The van der Waals surface area contributed by atoms with Crippen molar-refractivity contribution in [1.29, 1.82) is 0 Å². The Morgan fingerprint density at radius 1 is 0.706 bits per heavy atom. The molecule has 2 aromatic carbocycles. The Morgan fingerprint density at radius 2 is 1.00 bits per heavy atom.